The van der Waals surface area contributed by atoms with Crippen LogP contribution in [0.15, 0.2) is 30.3 Å². The minimum atomic E-state index is -0.120. The minimum absolute atomic E-state index is 0.0500. The zero-order chi connectivity index (χ0) is 20.8. The first-order chi connectivity index (χ1) is 14.5. The van der Waals surface area contributed by atoms with Crippen LogP contribution < -0.4 is 5.32 Å². The average molecular weight is 407 g/mol. The van der Waals surface area contributed by atoms with Gasteiger partial charge in [-0.2, -0.15) is 0 Å². The fourth-order valence-corrected chi connectivity index (χ4v) is 5.21. The van der Waals surface area contributed by atoms with Crippen molar-refractivity contribution >= 4 is 11.8 Å². The van der Waals surface area contributed by atoms with E-state index in [1.165, 1.54) is 6.42 Å². The van der Waals surface area contributed by atoms with Crippen molar-refractivity contribution < 1.29 is 9.59 Å². The Morgan fingerprint density at radius 2 is 1.80 bits per heavy atom. The molecule has 6 nitrogen and oxygen atoms in total. The van der Waals surface area contributed by atoms with Crippen LogP contribution in [0.4, 0.5) is 0 Å². The van der Waals surface area contributed by atoms with Crippen molar-refractivity contribution in [1.29, 1.82) is 0 Å². The van der Waals surface area contributed by atoms with Crippen molar-refractivity contribution in [3.8, 4) is 11.4 Å². The van der Waals surface area contributed by atoms with Crippen molar-refractivity contribution in [2.24, 2.45) is 5.92 Å². The van der Waals surface area contributed by atoms with Crippen LogP contribution in [0.3, 0.4) is 0 Å². The molecule has 1 saturated heterocycles. The zero-order valence-corrected chi connectivity index (χ0v) is 17.8. The molecule has 2 amide bonds. The third-order valence-corrected chi connectivity index (χ3v) is 6.89. The van der Waals surface area contributed by atoms with E-state index < -0.39 is 0 Å². The number of aromatic nitrogens is 2. The monoisotopic (exact) mass is 406 g/mol. The van der Waals surface area contributed by atoms with Crippen LogP contribution in [-0.4, -0.2) is 44.4 Å². The third-order valence-electron chi connectivity index (χ3n) is 6.89. The lowest BCUT2D eigenvalue weighted by Crippen LogP contribution is -2.46. The summed E-state index contributed by atoms with van der Waals surface area (Å²) in [5, 5.41) is 3.01. The van der Waals surface area contributed by atoms with Crippen LogP contribution in [0.25, 0.3) is 11.4 Å². The smallest absolute Gasteiger partial charge is 0.271 e. The van der Waals surface area contributed by atoms with Crippen molar-refractivity contribution in [2.45, 2.75) is 77.0 Å². The van der Waals surface area contributed by atoms with Gasteiger partial charge in [0.15, 0.2) is 0 Å². The molecule has 6 heteroatoms. The Morgan fingerprint density at radius 1 is 1.07 bits per heavy atom. The number of amides is 2. The number of imidazole rings is 1. The summed E-state index contributed by atoms with van der Waals surface area (Å²) < 4.78 is 2.22. The summed E-state index contributed by atoms with van der Waals surface area (Å²) >= 11 is 0. The van der Waals surface area contributed by atoms with Crippen molar-refractivity contribution in [3.05, 3.63) is 41.7 Å². The Hall–Kier alpha value is -2.63. The highest BCUT2D eigenvalue weighted by Gasteiger charge is 2.44. The van der Waals surface area contributed by atoms with E-state index in [2.05, 4.69) is 14.8 Å². The summed E-state index contributed by atoms with van der Waals surface area (Å²) in [5.41, 5.74) is 2.51. The van der Waals surface area contributed by atoms with E-state index in [0.717, 1.165) is 49.3 Å². The SMILES string of the molecule is CC(C)NC(=O)c1nc(-c2ccccc2)n2c1C[C@@H]1CC[C@H](C2)N1C(=O)C1CCC1. The molecule has 0 unspecified atom stereocenters. The second kappa shape index (κ2) is 7.56. The molecule has 2 atom stereocenters. The topological polar surface area (TPSA) is 67.2 Å². The molecule has 3 aliphatic rings. The molecule has 158 valence electrons. The Morgan fingerprint density at radius 3 is 2.47 bits per heavy atom. The van der Waals surface area contributed by atoms with Gasteiger partial charge in [-0.3, -0.25) is 9.59 Å². The number of nitrogens with one attached hydrogen (secondary N) is 1. The van der Waals surface area contributed by atoms with E-state index in [0.29, 0.717) is 18.0 Å². The number of nitrogens with zero attached hydrogens (tertiary/aromatic N) is 3. The van der Waals surface area contributed by atoms with Gasteiger partial charge < -0.3 is 14.8 Å². The van der Waals surface area contributed by atoms with Gasteiger partial charge in [0.05, 0.1) is 11.7 Å². The van der Waals surface area contributed by atoms with Gasteiger partial charge in [0, 0.05) is 36.5 Å². The summed E-state index contributed by atoms with van der Waals surface area (Å²) in [6.45, 7) is 4.65. The van der Waals surface area contributed by atoms with E-state index >= 15 is 0 Å². The molecule has 1 aliphatic carbocycles. The molecule has 1 N–H and O–H groups in total. The summed E-state index contributed by atoms with van der Waals surface area (Å²) in [6.07, 6.45) is 5.97. The van der Waals surface area contributed by atoms with Crippen LogP contribution in [0.5, 0.6) is 0 Å². The minimum Gasteiger partial charge on any atom is -0.348 e. The fourth-order valence-electron chi connectivity index (χ4n) is 5.21. The van der Waals surface area contributed by atoms with Crippen molar-refractivity contribution in [1.82, 2.24) is 19.8 Å². The van der Waals surface area contributed by atoms with Gasteiger partial charge in [-0.25, -0.2) is 4.98 Å². The first-order valence-electron chi connectivity index (χ1n) is 11.3. The highest BCUT2D eigenvalue weighted by Crippen LogP contribution is 2.39. The number of hydrogen-bond donors (Lipinski definition) is 1. The summed E-state index contributed by atoms with van der Waals surface area (Å²) in [5.74, 6) is 1.26. The molecule has 1 aromatic carbocycles. The molecule has 1 saturated carbocycles. The van der Waals surface area contributed by atoms with Crippen LogP contribution in [0.1, 0.15) is 62.1 Å². The van der Waals surface area contributed by atoms with E-state index in [-0.39, 0.29) is 30.0 Å². The largest absolute Gasteiger partial charge is 0.348 e. The quantitative estimate of drug-likeness (QED) is 0.846. The molecule has 3 heterocycles. The van der Waals surface area contributed by atoms with Crippen LogP contribution in [0.2, 0.25) is 0 Å². The maximum absolute atomic E-state index is 13.2. The van der Waals surface area contributed by atoms with Gasteiger partial charge in [-0.05, 0) is 39.5 Å². The van der Waals surface area contributed by atoms with Gasteiger partial charge in [0.1, 0.15) is 11.5 Å². The van der Waals surface area contributed by atoms with E-state index in [1.54, 1.807) is 0 Å². The Bertz CT molecular complexity index is 961. The first-order valence-corrected chi connectivity index (χ1v) is 11.3. The highest BCUT2D eigenvalue weighted by molar-refractivity contribution is 5.94. The molecule has 5 rings (SSSR count). The maximum atomic E-state index is 13.2. The molecule has 2 aliphatic heterocycles. The molecular formula is C24H30N4O2. The number of fused-ring (bicyclic) bond motifs is 3. The molecule has 2 bridgehead atoms. The lowest BCUT2D eigenvalue weighted by atomic mass is 9.84. The standard InChI is InChI=1S/C24H30N4O2/c1-15(2)25-23(29)21-20-13-18-11-12-19(28(18)24(30)17-9-6-10-17)14-27(20)22(26-21)16-7-4-3-5-8-16/h3-5,7-8,15,17-19H,6,9-14H2,1-2H3,(H,25,29)/t18-,19+/m0/s1. The second-order valence-electron chi connectivity index (χ2n) is 9.30. The van der Waals surface area contributed by atoms with Gasteiger partial charge in [0.25, 0.3) is 5.91 Å². The van der Waals surface area contributed by atoms with E-state index in [9.17, 15) is 9.59 Å². The van der Waals surface area contributed by atoms with Gasteiger partial charge in [-0.15, -0.1) is 0 Å². The molecular weight excluding hydrogens is 376 g/mol. The summed E-state index contributed by atoms with van der Waals surface area (Å²) in [6, 6.07) is 10.5. The predicted molar refractivity (Wildman–Crippen MR) is 115 cm³/mol. The van der Waals surface area contributed by atoms with Gasteiger partial charge >= 0.3 is 0 Å². The second-order valence-corrected chi connectivity index (χ2v) is 9.30. The number of carbonyl (C=O) groups is 2. The third kappa shape index (κ3) is 3.22. The lowest BCUT2D eigenvalue weighted by molar-refractivity contribution is -0.141. The number of benzene rings is 1. The highest BCUT2D eigenvalue weighted by atomic mass is 16.2. The first kappa shape index (κ1) is 19.3. The van der Waals surface area contributed by atoms with E-state index in [4.69, 9.17) is 4.98 Å². The molecule has 2 aromatic rings. The normalized spacial score (nSPS) is 23.1. The van der Waals surface area contributed by atoms with Gasteiger partial charge in [0.2, 0.25) is 5.91 Å². The van der Waals surface area contributed by atoms with Gasteiger partial charge in [-0.1, -0.05) is 36.8 Å². The molecule has 1 aromatic heterocycles. The Labute approximate surface area is 177 Å². The number of rotatable bonds is 4. The summed E-state index contributed by atoms with van der Waals surface area (Å²) in [4.78, 5) is 33.2. The molecule has 30 heavy (non-hydrogen) atoms. The lowest BCUT2D eigenvalue weighted by Gasteiger charge is -2.35. The Balaban J connectivity index is 1.56. The molecule has 0 radical (unpaired) electrons. The maximum Gasteiger partial charge on any atom is 0.271 e. The molecule has 0 spiro atoms. The molecule has 2 fully saturated rings. The number of carbonyl (C=O) groups excluding carboxylic acids is 2. The summed E-state index contributed by atoms with van der Waals surface area (Å²) in [7, 11) is 0. The number of hydrogen-bond acceptors (Lipinski definition) is 3. The van der Waals surface area contributed by atoms with E-state index in [1.807, 2.05) is 44.2 Å². The predicted octanol–water partition coefficient (Wildman–Crippen LogP) is 3.40. The Kier molecular flexibility index (Phi) is 4.88. The van der Waals surface area contributed by atoms with Crippen molar-refractivity contribution in [3.63, 3.8) is 0 Å². The van der Waals surface area contributed by atoms with Crippen LogP contribution in [-0.2, 0) is 17.8 Å². The fraction of sp³-hybridized carbons (Fsp3) is 0.542. The van der Waals surface area contributed by atoms with Crippen LogP contribution >= 0.6 is 0 Å². The average Bonchev–Trinajstić information content (AvgIpc) is 3.17. The van der Waals surface area contributed by atoms with Crippen LogP contribution in [0, 0.1) is 5.92 Å². The van der Waals surface area contributed by atoms with Crippen molar-refractivity contribution in [2.75, 3.05) is 0 Å². The zero-order valence-electron chi connectivity index (χ0n) is 17.8.